The summed E-state index contributed by atoms with van der Waals surface area (Å²) in [6.45, 7) is 0.708. The zero-order chi connectivity index (χ0) is 23.8. The minimum absolute atomic E-state index is 0.0560. The van der Waals surface area contributed by atoms with Gasteiger partial charge in [-0.25, -0.2) is 4.79 Å². The molecule has 4 N–H and O–H groups in total. The summed E-state index contributed by atoms with van der Waals surface area (Å²) in [7, 11) is 0. The van der Waals surface area contributed by atoms with Crippen molar-refractivity contribution in [3.05, 3.63) is 35.4 Å². The number of rotatable bonds is 12. The number of carboxylic acid groups (broad SMARTS) is 2. The molecular weight excluding hydrogens is 426 g/mol. The second-order valence-corrected chi connectivity index (χ2v) is 6.98. The van der Waals surface area contributed by atoms with Gasteiger partial charge < -0.3 is 25.6 Å². The molecule has 2 atom stereocenters. The van der Waals surface area contributed by atoms with Gasteiger partial charge in [0.25, 0.3) is 11.8 Å². The summed E-state index contributed by atoms with van der Waals surface area (Å²) >= 11 is 0. The van der Waals surface area contributed by atoms with Crippen LogP contribution in [-0.4, -0.2) is 82.5 Å². The first-order valence-corrected chi connectivity index (χ1v) is 9.69. The van der Waals surface area contributed by atoms with Crippen LogP contribution < -0.4 is 10.6 Å². The number of carbonyl (C=O) groups is 6. The quantitative estimate of drug-likeness (QED) is 0.236. The van der Waals surface area contributed by atoms with Crippen molar-refractivity contribution in [1.29, 1.82) is 0 Å². The maximum absolute atomic E-state index is 12.2. The van der Waals surface area contributed by atoms with Gasteiger partial charge in [-0.15, -0.1) is 0 Å². The fourth-order valence-electron chi connectivity index (χ4n) is 2.93. The molecule has 32 heavy (non-hydrogen) atoms. The number of fused-ring (bicyclic) bond motifs is 1. The lowest BCUT2D eigenvalue weighted by molar-refractivity contribution is -0.143. The second-order valence-electron chi connectivity index (χ2n) is 6.98. The van der Waals surface area contributed by atoms with Gasteiger partial charge in [0.15, 0.2) is 0 Å². The second kappa shape index (κ2) is 11.0. The number of hydrogen-bond acceptors (Lipinski definition) is 7. The molecule has 0 unspecified atom stereocenters. The predicted molar refractivity (Wildman–Crippen MR) is 107 cm³/mol. The Morgan fingerprint density at radius 2 is 1.62 bits per heavy atom. The summed E-state index contributed by atoms with van der Waals surface area (Å²) in [5, 5.41) is 22.2. The van der Waals surface area contributed by atoms with Crippen molar-refractivity contribution in [2.24, 2.45) is 0 Å². The molecule has 4 amide bonds. The number of carbonyl (C=O) groups excluding carboxylic acids is 4. The van der Waals surface area contributed by atoms with Gasteiger partial charge in [-0.05, 0) is 25.5 Å². The van der Waals surface area contributed by atoms with Gasteiger partial charge in [0.05, 0.1) is 24.3 Å². The Kier molecular flexibility index (Phi) is 8.41. The predicted octanol–water partition coefficient (Wildman–Crippen LogP) is -0.762. The Balaban J connectivity index is 1.73. The van der Waals surface area contributed by atoms with E-state index in [2.05, 4.69) is 10.6 Å². The fourth-order valence-corrected chi connectivity index (χ4v) is 2.93. The van der Waals surface area contributed by atoms with Crippen LogP contribution in [0, 0.1) is 0 Å². The van der Waals surface area contributed by atoms with Gasteiger partial charge in [-0.2, -0.15) is 0 Å². The zero-order valence-electron chi connectivity index (χ0n) is 17.2. The molecule has 12 nitrogen and oxygen atoms in total. The molecule has 0 radical (unpaired) electrons. The molecule has 0 fully saturated rings. The van der Waals surface area contributed by atoms with E-state index < -0.39 is 60.7 Å². The number of nitrogens with one attached hydrogen (secondary N) is 2. The van der Waals surface area contributed by atoms with Crippen molar-refractivity contribution >= 4 is 35.6 Å². The largest absolute Gasteiger partial charge is 0.481 e. The van der Waals surface area contributed by atoms with Crippen LogP contribution in [-0.2, 0) is 23.9 Å². The Bertz CT molecular complexity index is 896. The van der Waals surface area contributed by atoms with Gasteiger partial charge in [0, 0.05) is 6.42 Å². The van der Waals surface area contributed by atoms with Gasteiger partial charge in [0.2, 0.25) is 11.8 Å². The third-order valence-electron chi connectivity index (χ3n) is 4.60. The van der Waals surface area contributed by atoms with Crippen LogP contribution in [0.5, 0.6) is 0 Å². The summed E-state index contributed by atoms with van der Waals surface area (Å²) in [4.78, 5) is 71.2. The topological polar surface area (TPSA) is 179 Å². The molecule has 0 saturated heterocycles. The summed E-state index contributed by atoms with van der Waals surface area (Å²) in [5.41, 5.74) is 0.608. The molecule has 1 aliphatic rings. The lowest BCUT2D eigenvalue weighted by Gasteiger charge is -2.18. The first kappa shape index (κ1) is 24.5. The average molecular weight is 449 g/mol. The van der Waals surface area contributed by atoms with E-state index in [9.17, 15) is 28.8 Å². The van der Waals surface area contributed by atoms with E-state index in [4.69, 9.17) is 14.9 Å². The van der Waals surface area contributed by atoms with Crippen molar-refractivity contribution in [3.8, 4) is 0 Å². The summed E-state index contributed by atoms with van der Waals surface area (Å²) in [6, 6.07) is 3.88. The normalized spacial score (nSPS) is 14.5. The zero-order valence-corrected chi connectivity index (χ0v) is 17.2. The monoisotopic (exact) mass is 449 g/mol. The van der Waals surface area contributed by atoms with Crippen LogP contribution in [0.4, 0.5) is 0 Å². The highest BCUT2D eigenvalue weighted by molar-refractivity contribution is 6.21. The Morgan fingerprint density at radius 3 is 2.16 bits per heavy atom. The molecule has 0 aromatic heterocycles. The van der Waals surface area contributed by atoms with E-state index in [1.807, 2.05) is 0 Å². The molecule has 172 valence electrons. The molecule has 0 saturated carbocycles. The number of hydrogen-bond donors (Lipinski definition) is 4. The number of ether oxygens (including phenoxy) is 1. The number of benzene rings is 1. The molecular formula is C20H23N3O9. The molecule has 1 aromatic carbocycles. The Morgan fingerprint density at radius 1 is 1.03 bits per heavy atom. The van der Waals surface area contributed by atoms with Crippen LogP contribution in [0.1, 0.15) is 40.5 Å². The SMILES string of the molecule is C[C@H](NC(=O)COCCN1C(=O)c2ccccc2C1=O)C(=O)N[C@H](CCC(=O)O)C(=O)O. The minimum atomic E-state index is -1.41. The molecule has 0 bridgehead atoms. The van der Waals surface area contributed by atoms with Crippen LogP contribution in [0.25, 0.3) is 0 Å². The summed E-state index contributed by atoms with van der Waals surface area (Å²) in [6.07, 6.45) is -0.753. The van der Waals surface area contributed by atoms with E-state index in [0.717, 1.165) is 4.90 Å². The molecule has 0 aliphatic carbocycles. The first-order chi connectivity index (χ1) is 15.1. The average Bonchev–Trinajstić information content (AvgIpc) is 2.98. The van der Waals surface area contributed by atoms with Crippen LogP contribution in [0.2, 0.25) is 0 Å². The van der Waals surface area contributed by atoms with Crippen molar-refractivity contribution in [2.75, 3.05) is 19.8 Å². The van der Waals surface area contributed by atoms with Gasteiger partial charge in [0.1, 0.15) is 18.7 Å². The highest BCUT2D eigenvalue weighted by Gasteiger charge is 2.34. The van der Waals surface area contributed by atoms with Gasteiger partial charge >= 0.3 is 11.9 Å². The molecule has 2 rings (SSSR count). The number of nitrogens with zero attached hydrogens (tertiary/aromatic N) is 1. The van der Waals surface area contributed by atoms with Gasteiger partial charge in [-0.3, -0.25) is 28.9 Å². The molecule has 1 heterocycles. The highest BCUT2D eigenvalue weighted by Crippen LogP contribution is 2.21. The third-order valence-corrected chi connectivity index (χ3v) is 4.60. The van der Waals surface area contributed by atoms with Crippen molar-refractivity contribution in [3.63, 3.8) is 0 Å². The number of carboxylic acids is 2. The van der Waals surface area contributed by atoms with Crippen LogP contribution in [0.3, 0.4) is 0 Å². The maximum Gasteiger partial charge on any atom is 0.326 e. The van der Waals surface area contributed by atoms with E-state index in [1.54, 1.807) is 24.3 Å². The van der Waals surface area contributed by atoms with Crippen LogP contribution >= 0.6 is 0 Å². The first-order valence-electron chi connectivity index (χ1n) is 9.69. The summed E-state index contributed by atoms with van der Waals surface area (Å²) < 4.78 is 5.17. The minimum Gasteiger partial charge on any atom is -0.481 e. The van der Waals surface area contributed by atoms with Crippen molar-refractivity contribution < 1.29 is 43.7 Å². The number of amides is 4. The van der Waals surface area contributed by atoms with E-state index in [1.165, 1.54) is 6.92 Å². The Labute approximate surface area is 182 Å². The van der Waals surface area contributed by atoms with E-state index in [-0.39, 0.29) is 19.6 Å². The molecule has 1 aliphatic heterocycles. The molecule has 12 heteroatoms. The standard InChI is InChI=1S/C20H23N3O9/c1-11(17(27)22-14(20(30)31)6-7-16(25)26)21-15(24)10-32-9-8-23-18(28)12-4-2-3-5-13(12)19(23)29/h2-5,11,14H,6-10H2,1H3,(H,21,24)(H,22,27)(H,25,26)(H,30,31)/t11-,14+/m0/s1. The highest BCUT2D eigenvalue weighted by atomic mass is 16.5. The summed E-state index contributed by atoms with van der Waals surface area (Å²) in [5.74, 6) is -4.96. The van der Waals surface area contributed by atoms with Gasteiger partial charge in [-0.1, -0.05) is 12.1 Å². The Hall–Kier alpha value is -3.80. The molecule has 1 aromatic rings. The van der Waals surface area contributed by atoms with Crippen molar-refractivity contribution in [2.45, 2.75) is 31.8 Å². The number of imide groups is 1. The third kappa shape index (κ3) is 6.35. The smallest absolute Gasteiger partial charge is 0.326 e. The fraction of sp³-hybridized carbons (Fsp3) is 0.400. The van der Waals surface area contributed by atoms with Crippen molar-refractivity contribution in [1.82, 2.24) is 15.5 Å². The number of aliphatic carboxylic acids is 2. The van der Waals surface area contributed by atoms with E-state index in [0.29, 0.717) is 11.1 Å². The van der Waals surface area contributed by atoms with E-state index >= 15 is 0 Å². The lowest BCUT2D eigenvalue weighted by atomic mass is 10.1. The van der Waals surface area contributed by atoms with Crippen LogP contribution in [0.15, 0.2) is 24.3 Å². The maximum atomic E-state index is 12.2. The molecule has 0 spiro atoms. The lowest BCUT2D eigenvalue weighted by Crippen LogP contribution is -2.51.